The van der Waals surface area contributed by atoms with Crippen molar-refractivity contribution in [3.63, 3.8) is 0 Å². The van der Waals surface area contributed by atoms with E-state index in [2.05, 4.69) is 4.99 Å². The minimum Gasteiger partial charge on any atom is -0.294 e. The summed E-state index contributed by atoms with van der Waals surface area (Å²) in [6.07, 6.45) is -0.0111. The summed E-state index contributed by atoms with van der Waals surface area (Å²) < 4.78 is 0. The van der Waals surface area contributed by atoms with Crippen molar-refractivity contribution in [2.45, 2.75) is 13.0 Å². The molecule has 0 radical (unpaired) electrons. The molecule has 2 aromatic carbocycles. The van der Waals surface area contributed by atoms with Crippen LogP contribution in [-0.4, -0.2) is 22.2 Å². The Kier molecular flexibility index (Phi) is 3.80. The number of aliphatic imine (C=N–C) groups is 1. The SMILES string of the molecule is O=C1CC(=NCc2ccc([N+](=O)[O-])cc2)C(=O)c2ccccc21. The Bertz CT molecular complexity index is 838. The highest BCUT2D eigenvalue weighted by atomic mass is 16.6. The lowest BCUT2D eigenvalue weighted by atomic mass is 9.88. The van der Waals surface area contributed by atoms with Crippen LogP contribution in [0.15, 0.2) is 53.5 Å². The van der Waals surface area contributed by atoms with E-state index in [9.17, 15) is 19.7 Å². The zero-order chi connectivity index (χ0) is 16.4. The van der Waals surface area contributed by atoms with E-state index in [0.717, 1.165) is 5.56 Å². The number of hydrogen-bond donors (Lipinski definition) is 0. The van der Waals surface area contributed by atoms with E-state index < -0.39 is 4.92 Å². The first-order valence-corrected chi connectivity index (χ1v) is 7.00. The Morgan fingerprint density at radius 3 is 2.30 bits per heavy atom. The summed E-state index contributed by atoms with van der Waals surface area (Å²) in [4.78, 5) is 38.8. The minimum absolute atomic E-state index is 0.000694. The molecule has 0 fully saturated rings. The quantitative estimate of drug-likeness (QED) is 0.644. The van der Waals surface area contributed by atoms with E-state index in [1.165, 1.54) is 12.1 Å². The second-order valence-electron chi connectivity index (χ2n) is 5.16. The van der Waals surface area contributed by atoms with Crippen LogP contribution in [0.4, 0.5) is 5.69 Å². The topological polar surface area (TPSA) is 89.6 Å². The van der Waals surface area contributed by atoms with Crippen LogP contribution in [0.1, 0.15) is 32.7 Å². The van der Waals surface area contributed by atoms with Crippen LogP contribution in [0.3, 0.4) is 0 Å². The van der Waals surface area contributed by atoms with Gasteiger partial charge in [0.05, 0.1) is 23.6 Å². The highest BCUT2D eigenvalue weighted by molar-refractivity contribution is 6.52. The summed E-state index contributed by atoms with van der Waals surface area (Å²) in [5.74, 6) is -0.357. The lowest BCUT2D eigenvalue weighted by molar-refractivity contribution is -0.384. The molecule has 3 rings (SSSR count). The average Bonchev–Trinajstić information content (AvgIpc) is 2.57. The van der Waals surface area contributed by atoms with Gasteiger partial charge in [-0.05, 0) is 5.56 Å². The molecule has 0 heterocycles. The van der Waals surface area contributed by atoms with Crippen molar-refractivity contribution in [2.24, 2.45) is 4.99 Å². The summed E-state index contributed by atoms with van der Waals surface area (Å²) >= 11 is 0. The van der Waals surface area contributed by atoms with E-state index >= 15 is 0 Å². The van der Waals surface area contributed by atoms with Crippen molar-refractivity contribution in [2.75, 3.05) is 0 Å². The number of fused-ring (bicyclic) bond motifs is 1. The molecule has 1 aliphatic carbocycles. The smallest absolute Gasteiger partial charge is 0.269 e. The fraction of sp³-hybridized carbons (Fsp3) is 0.118. The van der Waals surface area contributed by atoms with Gasteiger partial charge in [0.25, 0.3) is 5.69 Å². The maximum absolute atomic E-state index is 12.4. The van der Waals surface area contributed by atoms with Gasteiger partial charge in [0.1, 0.15) is 0 Å². The van der Waals surface area contributed by atoms with Crippen molar-refractivity contribution in [3.05, 3.63) is 75.3 Å². The second-order valence-corrected chi connectivity index (χ2v) is 5.16. The van der Waals surface area contributed by atoms with Crippen LogP contribution in [0.5, 0.6) is 0 Å². The van der Waals surface area contributed by atoms with Crippen LogP contribution in [0, 0.1) is 10.1 Å². The Balaban J connectivity index is 1.82. The van der Waals surface area contributed by atoms with Crippen LogP contribution >= 0.6 is 0 Å². The van der Waals surface area contributed by atoms with E-state index in [1.54, 1.807) is 36.4 Å². The molecule has 23 heavy (non-hydrogen) atoms. The average molecular weight is 308 g/mol. The fourth-order valence-electron chi connectivity index (χ4n) is 2.44. The summed E-state index contributed by atoms with van der Waals surface area (Å²) in [7, 11) is 0. The number of carbonyl (C=O) groups is 2. The summed E-state index contributed by atoms with van der Waals surface area (Å²) in [6, 6.07) is 12.7. The molecular formula is C17H12N2O4. The standard InChI is InChI=1S/C17H12N2O4/c20-16-9-15(17(21)14-4-2-1-3-13(14)16)18-10-11-5-7-12(8-6-11)19(22)23/h1-8H,9-10H2. The molecule has 0 bridgehead atoms. The highest BCUT2D eigenvalue weighted by Gasteiger charge is 2.28. The molecule has 114 valence electrons. The first kappa shape index (κ1) is 14.8. The van der Waals surface area contributed by atoms with Crippen molar-refractivity contribution in [1.82, 2.24) is 0 Å². The van der Waals surface area contributed by atoms with Gasteiger partial charge in [0.15, 0.2) is 5.78 Å². The van der Waals surface area contributed by atoms with E-state index in [0.29, 0.717) is 11.1 Å². The molecule has 0 aliphatic heterocycles. The normalized spacial score (nSPS) is 15.6. The first-order chi connectivity index (χ1) is 11.1. The van der Waals surface area contributed by atoms with Gasteiger partial charge >= 0.3 is 0 Å². The summed E-state index contributed by atoms with van der Waals surface area (Å²) in [5.41, 5.74) is 1.78. The molecule has 0 unspecified atom stereocenters. The molecule has 0 spiro atoms. The number of benzene rings is 2. The number of non-ortho nitro benzene ring substituents is 1. The Hall–Kier alpha value is -3.15. The molecule has 2 aromatic rings. The van der Waals surface area contributed by atoms with Crippen molar-refractivity contribution >= 4 is 23.0 Å². The Morgan fingerprint density at radius 1 is 1.00 bits per heavy atom. The lowest BCUT2D eigenvalue weighted by Gasteiger charge is -2.15. The third-order valence-electron chi connectivity index (χ3n) is 3.66. The van der Waals surface area contributed by atoms with Crippen LogP contribution in [0.25, 0.3) is 0 Å². The van der Waals surface area contributed by atoms with Gasteiger partial charge in [-0.2, -0.15) is 0 Å². The molecular weight excluding hydrogens is 296 g/mol. The Morgan fingerprint density at radius 2 is 1.65 bits per heavy atom. The minimum atomic E-state index is -0.476. The number of carbonyl (C=O) groups excluding carboxylic acids is 2. The van der Waals surface area contributed by atoms with Gasteiger partial charge in [-0.15, -0.1) is 0 Å². The van der Waals surface area contributed by atoms with E-state index in [1.807, 2.05) is 0 Å². The molecule has 0 amide bonds. The lowest BCUT2D eigenvalue weighted by Crippen LogP contribution is -2.27. The molecule has 6 nitrogen and oxygen atoms in total. The molecule has 0 aromatic heterocycles. The maximum Gasteiger partial charge on any atom is 0.269 e. The van der Waals surface area contributed by atoms with Gasteiger partial charge in [-0.1, -0.05) is 36.4 Å². The van der Waals surface area contributed by atoms with Gasteiger partial charge in [0, 0.05) is 23.3 Å². The fourth-order valence-corrected chi connectivity index (χ4v) is 2.44. The Labute approximate surface area is 131 Å². The van der Waals surface area contributed by atoms with Crippen LogP contribution in [0.2, 0.25) is 0 Å². The summed E-state index contributed by atoms with van der Waals surface area (Å²) in [5, 5.41) is 10.6. The van der Waals surface area contributed by atoms with Crippen LogP contribution < -0.4 is 0 Å². The van der Waals surface area contributed by atoms with Gasteiger partial charge in [-0.3, -0.25) is 24.7 Å². The molecule has 0 saturated carbocycles. The third kappa shape index (κ3) is 2.91. The zero-order valence-electron chi connectivity index (χ0n) is 12.1. The number of ketones is 2. The molecule has 0 saturated heterocycles. The van der Waals surface area contributed by atoms with E-state index in [4.69, 9.17) is 0 Å². The van der Waals surface area contributed by atoms with Gasteiger partial charge in [-0.25, -0.2) is 0 Å². The van der Waals surface area contributed by atoms with Crippen molar-refractivity contribution in [3.8, 4) is 0 Å². The molecule has 1 aliphatic rings. The first-order valence-electron chi connectivity index (χ1n) is 7.00. The third-order valence-corrected chi connectivity index (χ3v) is 3.66. The maximum atomic E-state index is 12.4. The van der Waals surface area contributed by atoms with Gasteiger partial charge in [0.2, 0.25) is 5.78 Å². The predicted octanol–water partition coefficient (Wildman–Crippen LogP) is 3.01. The van der Waals surface area contributed by atoms with Crippen LogP contribution in [-0.2, 0) is 6.54 Å². The second kappa shape index (κ2) is 5.92. The van der Waals surface area contributed by atoms with Crippen molar-refractivity contribution in [1.29, 1.82) is 0 Å². The largest absolute Gasteiger partial charge is 0.294 e. The monoisotopic (exact) mass is 308 g/mol. The number of nitrogens with zero attached hydrogens (tertiary/aromatic N) is 2. The zero-order valence-corrected chi connectivity index (χ0v) is 12.1. The predicted molar refractivity (Wildman–Crippen MR) is 84.0 cm³/mol. The molecule has 6 heteroatoms. The number of nitro groups is 1. The number of nitro benzene ring substituents is 1. The number of rotatable bonds is 3. The number of Topliss-reactive ketones (excluding diaryl/α,β-unsaturated/α-hetero) is 2. The van der Waals surface area contributed by atoms with Gasteiger partial charge < -0.3 is 0 Å². The van der Waals surface area contributed by atoms with E-state index in [-0.39, 0.29) is 35.9 Å². The molecule has 0 N–H and O–H groups in total. The highest BCUT2D eigenvalue weighted by Crippen LogP contribution is 2.20. The van der Waals surface area contributed by atoms with Crippen molar-refractivity contribution < 1.29 is 14.5 Å². The summed E-state index contributed by atoms with van der Waals surface area (Å²) in [6.45, 7) is 0.203. The molecule has 0 atom stereocenters. The number of hydrogen-bond acceptors (Lipinski definition) is 5.